The summed E-state index contributed by atoms with van der Waals surface area (Å²) in [6.07, 6.45) is -0.403. The molecule has 1 amide bonds. The van der Waals surface area contributed by atoms with E-state index in [-0.39, 0.29) is 18.7 Å². The van der Waals surface area contributed by atoms with Crippen molar-refractivity contribution in [1.82, 2.24) is 5.32 Å². The van der Waals surface area contributed by atoms with Crippen molar-refractivity contribution in [3.05, 3.63) is 144 Å². The van der Waals surface area contributed by atoms with Gasteiger partial charge in [0.2, 0.25) is 0 Å². The van der Waals surface area contributed by atoms with Crippen molar-refractivity contribution in [3.8, 4) is 0 Å². The van der Waals surface area contributed by atoms with Crippen LogP contribution in [-0.2, 0) is 17.2 Å². The minimum Gasteiger partial charge on any atom is -0.445 e. The number of nitrogens with two attached hydrogens (primary N) is 1. The van der Waals surface area contributed by atoms with Crippen LogP contribution in [0.1, 0.15) is 48.2 Å². The zero-order valence-corrected chi connectivity index (χ0v) is 21.6. The van der Waals surface area contributed by atoms with Crippen molar-refractivity contribution >= 4 is 17.7 Å². The van der Waals surface area contributed by atoms with Crippen LogP contribution < -0.4 is 11.1 Å². The molecule has 5 heteroatoms. The first kappa shape index (κ1) is 28.6. The SMILES string of the molecule is CC(N)c1ccccc1.CC(NC(=O)OCc1ccccc1)c1ccccc1.ClCc1ccccc1. The lowest BCUT2D eigenvalue weighted by Gasteiger charge is -2.14. The van der Waals surface area contributed by atoms with Crippen molar-refractivity contribution < 1.29 is 9.53 Å². The summed E-state index contributed by atoms with van der Waals surface area (Å²) in [6.45, 7) is 4.20. The smallest absolute Gasteiger partial charge is 0.407 e. The third-order valence-electron chi connectivity index (χ3n) is 5.17. The molecule has 0 heterocycles. The predicted octanol–water partition coefficient (Wildman–Crippen LogP) is 7.81. The molecule has 2 unspecified atom stereocenters. The summed E-state index contributed by atoms with van der Waals surface area (Å²) in [4.78, 5) is 11.7. The quantitative estimate of drug-likeness (QED) is 0.264. The first-order valence-electron chi connectivity index (χ1n) is 11.9. The molecule has 0 bridgehead atoms. The molecule has 4 rings (SSSR count). The van der Waals surface area contributed by atoms with Crippen LogP contribution in [0.3, 0.4) is 0 Å². The van der Waals surface area contributed by atoms with Crippen molar-refractivity contribution in [2.24, 2.45) is 5.73 Å². The number of benzene rings is 4. The molecule has 0 saturated carbocycles. The number of alkyl halides is 1. The van der Waals surface area contributed by atoms with Gasteiger partial charge in [0, 0.05) is 11.9 Å². The molecule has 4 aromatic rings. The largest absolute Gasteiger partial charge is 0.445 e. The number of carbonyl (C=O) groups excluding carboxylic acids is 1. The number of nitrogens with one attached hydrogen (secondary N) is 1. The highest BCUT2D eigenvalue weighted by molar-refractivity contribution is 6.17. The van der Waals surface area contributed by atoms with Gasteiger partial charge in [-0.1, -0.05) is 121 Å². The predicted molar refractivity (Wildman–Crippen MR) is 150 cm³/mol. The average molecular weight is 503 g/mol. The molecule has 4 aromatic carbocycles. The Morgan fingerprint density at radius 1 is 0.722 bits per heavy atom. The molecule has 0 aromatic heterocycles. The molecular formula is C31H35ClN2O2. The van der Waals surface area contributed by atoms with Gasteiger partial charge in [-0.3, -0.25) is 0 Å². The van der Waals surface area contributed by atoms with Gasteiger partial charge in [0.1, 0.15) is 6.61 Å². The number of hydrogen-bond donors (Lipinski definition) is 2. The number of carbonyl (C=O) groups is 1. The number of rotatable bonds is 6. The number of halogens is 1. The first-order valence-corrected chi connectivity index (χ1v) is 12.5. The van der Waals surface area contributed by atoms with Gasteiger partial charge < -0.3 is 15.8 Å². The second-order valence-electron chi connectivity index (χ2n) is 8.16. The Morgan fingerprint density at radius 3 is 1.53 bits per heavy atom. The summed E-state index contributed by atoms with van der Waals surface area (Å²) in [6, 6.07) is 39.5. The van der Waals surface area contributed by atoms with E-state index >= 15 is 0 Å². The molecule has 2 atom stereocenters. The maximum Gasteiger partial charge on any atom is 0.407 e. The Hall–Kier alpha value is -3.60. The average Bonchev–Trinajstić information content (AvgIpc) is 2.94. The number of alkyl carbamates (subject to hydrolysis) is 1. The fourth-order valence-corrected chi connectivity index (χ4v) is 3.27. The van der Waals surface area contributed by atoms with Gasteiger partial charge in [0.05, 0.1) is 6.04 Å². The van der Waals surface area contributed by atoms with Crippen molar-refractivity contribution in [1.29, 1.82) is 0 Å². The lowest BCUT2D eigenvalue weighted by atomic mass is 10.1. The van der Waals surface area contributed by atoms with Crippen LogP contribution in [-0.4, -0.2) is 6.09 Å². The highest BCUT2D eigenvalue weighted by atomic mass is 35.5. The second-order valence-corrected chi connectivity index (χ2v) is 8.42. The van der Waals surface area contributed by atoms with Crippen LogP contribution in [0.5, 0.6) is 0 Å². The first-order chi connectivity index (χ1) is 17.5. The molecule has 4 nitrogen and oxygen atoms in total. The van der Waals surface area contributed by atoms with Gasteiger partial charge in [0.25, 0.3) is 0 Å². The van der Waals surface area contributed by atoms with Gasteiger partial charge >= 0.3 is 6.09 Å². The number of ether oxygens (including phenoxy) is 1. The van der Waals surface area contributed by atoms with E-state index in [1.54, 1.807) is 0 Å². The van der Waals surface area contributed by atoms with Crippen LogP contribution in [0.2, 0.25) is 0 Å². The molecule has 0 saturated heterocycles. The Kier molecular flexibility index (Phi) is 13.5. The molecule has 0 aliphatic heterocycles. The molecule has 0 aliphatic carbocycles. The third-order valence-corrected chi connectivity index (χ3v) is 5.48. The summed E-state index contributed by atoms with van der Waals surface area (Å²) in [5.41, 5.74) is 10.0. The van der Waals surface area contributed by atoms with Crippen LogP contribution >= 0.6 is 11.6 Å². The molecule has 0 spiro atoms. The van der Waals surface area contributed by atoms with E-state index in [1.807, 2.05) is 135 Å². The summed E-state index contributed by atoms with van der Waals surface area (Å²) < 4.78 is 5.17. The van der Waals surface area contributed by atoms with Crippen molar-refractivity contribution in [2.45, 2.75) is 38.4 Å². The monoisotopic (exact) mass is 502 g/mol. The lowest BCUT2D eigenvalue weighted by molar-refractivity contribution is 0.136. The van der Waals surface area contributed by atoms with Crippen molar-refractivity contribution in [3.63, 3.8) is 0 Å². The minimum absolute atomic E-state index is 0.0653. The maximum absolute atomic E-state index is 11.7. The minimum atomic E-state index is -0.403. The van der Waals surface area contributed by atoms with Crippen LogP contribution in [0, 0.1) is 0 Å². The van der Waals surface area contributed by atoms with E-state index in [1.165, 1.54) is 11.1 Å². The van der Waals surface area contributed by atoms with Crippen molar-refractivity contribution in [2.75, 3.05) is 0 Å². The zero-order valence-electron chi connectivity index (χ0n) is 20.9. The Bertz CT molecular complexity index is 1090. The summed E-state index contributed by atoms with van der Waals surface area (Å²) >= 11 is 5.53. The van der Waals surface area contributed by atoms with Gasteiger partial charge in [-0.2, -0.15) is 0 Å². The van der Waals surface area contributed by atoms with E-state index in [0.717, 1.165) is 11.1 Å². The Labute approximate surface area is 220 Å². The van der Waals surface area contributed by atoms with Gasteiger partial charge in [0.15, 0.2) is 0 Å². The summed E-state index contributed by atoms with van der Waals surface area (Å²) in [5.74, 6) is 0.612. The van der Waals surface area contributed by atoms with E-state index < -0.39 is 6.09 Å². The van der Waals surface area contributed by atoms with Crippen LogP contribution in [0.4, 0.5) is 4.79 Å². The standard InChI is InChI=1S/C16H17NO2.C8H11N.C7H7Cl/c1-13(15-10-6-3-7-11-15)17-16(18)19-12-14-8-4-2-5-9-14;1-7(9)8-5-3-2-4-6-8;8-6-7-4-2-1-3-5-7/h2-11,13H,12H2,1H3,(H,17,18);2-7H,9H2,1H3;1-5H,6H2. The molecular weight excluding hydrogens is 468 g/mol. The molecule has 0 aliphatic rings. The van der Waals surface area contributed by atoms with Crippen LogP contribution in [0.25, 0.3) is 0 Å². The van der Waals surface area contributed by atoms with E-state index in [0.29, 0.717) is 5.88 Å². The Balaban J connectivity index is 0.000000221. The molecule has 36 heavy (non-hydrogen) atoms. The number of amides is 1. The van der Waals surface area contributed by atoms with Gasteiger partial charge in [-0.05, 0) is 36.1 Å². The van der Waals surface area contributed by atoms with Crippen LogP contribution in [0.15, 0.2) is 121 Å². The molecule has 0 fully saturated rings. The molecule has 0 radical (unpaired) electrons. The third kappa shape index (κ3) is 11.7. The fourth-order valence-electron chi connectivity index (χ4n) is 3.09. The topological polar surface area (TPSA) is 64.3 Å². The fraction of sp³-hybridized carbons (Fsp3) is 0.194. The normalized spacial score (nSPS) is 11.4. The summed E-state index contributed by atoms with van der Waals surface area (Å²) in [7, 11) is 0. The highest BCUT2D eigenvalue weighted by Gasteiger charge is 2.09. The van der Waals surface area contributed by atoms with Gasteiger partial charge in [-0.25, -0.2) is 4.79 Å². The summed E-state index contributed by atoms with van der Waals surface area (Å²) in [5, 5.41) is 2.81. The Morgan fingerprint density at radius 2 is 1.14 bits per heavy atom. The van der Waals surface area contributed by atoms with E-state index in [9.17, 15) is 4.79 Å². The number of hydrogen-bond acceptors (Lipinski definition) is 3. The molecule has 3 N–H and O–H groups in total. The lowest BCUT2D eigenvalue weighted by Crippen LogP contribution is -2.27. The highest BCUT2D eigenvalue weighted by Crippen LogP contribution is 2.11. The molecule has 188 valence electrons. The van der Waals surface area contributed by atoms with Gasteiger partial charge in [-0.15, -0.1) is 11.6 Å². The van der Waals surface area contributed by atoms with E-state index in [2.05, 4.69) is 5.32 Å². The zero-order chi connectivity index (χ0) is 26.0. The van der Waals surface area contributed by atoms with E-state index in [4.69, 9.17) is 22.1 Å². The maximum atomic E-state index is 11.7. The second kappa shape index (κ2) is 16.9.